The molecular formula is C14H28N2O2. The van der Waals surface area contributed by atoms with Crippen LogP contribution in [0.15, 0.2) is 0 Å². The van der Waals surface area contributed by atoms with Crippen LogP contribution in [0.4, 0.5) is 0 Å². The number of hydrogen-bond acceptors (Lipinski definition) is 3. The Morgan fingerprint density at radius 2 is 2.17 bits per heavy atom. The van der Waals surface area contributed by atoms with Gasteiger partial charge in [-0.3, -0.25) is 4.79 Å². The Labute approximate surface area is 111 Å². The summed E-state index contributed by atoms with van der Waals surface area (Å²) in [6.45, 7) is 6.85. The lowest BCUT2D eigenvalue weighted by Gasteiger charge is -2.22. The molecule has 1 aliphatic rings. The third kappa shape index (κ3) is 7.67. The third-order valence-electron chi connectivity index (χ3n) is 3.20. The van der Waals surface area contributed by atoms with Crippen molar-refractivity contribution in [1.82, 2.24) is 10.6 Å². The maximum atomic E-state index is 11.6. The fourth-order valence-electron chi connectivity index (χ4n) is 2.12. The zero-order valence-electron chi connectivity index (χ0n) is 11.8. The number of amides is 1. The van der Waals surface area contributed by atoms with E-state index < -0.39 is 0 Å². The van der Waals surface area contributed by atoms with Crippen LogP contribution in [-0.2, 0) is 9.53 Å². The standard InChI is InChI=1S/C14H28N2O2/c1-12(2)15-9-5-10-16-14(17)8-7-13-6-3-4-11-18-13/h12-13,15H,3-11H2,1-2H3,(H,16,17)/t13-/m1/s1. The summed E-state index contributed by atoms with van der Waals surface area (Å²) in [5.74, 6) is 0.161. The largest absolute Gasteiger partial charge is 0.378 e. The molecule has 0 saturated carbocycles. The Morgan fingerprint density at radius 1 is 1.33 bits per heavy atom. The Hall–Kier alpha value is -0.610. The molecule has 0 bridgehead atoms. The highest BCUT2D eigenvalue weighted by molar-refractivity contribution is 5.75. The van der Waals surface area contributed by atoms with Crippen molar-refractivity contribution in [3.63, 3.8) is 0 Å². The van der Waals surface area contributed by atoms with Crippen LogP contribution in [0.3, 0.4) is 0 Å². The van der Waals surface area contributed by atoms with E-state index in [0.29, 0.717) is 18.6 Å². The van der Waals surface area contributed by atoms with E-state index in [1.54, 1.807) is 0 Å². The summed E-state index contributed by atoms with van der Waals surface area (Å²) in [5.41, 5.74) is 0. The molecule has 0 aromatic heterocycles. The number of carbonyl (C=O) groups is 1. The molecular weight excluding hydrogens is 228 g/mol. The molecule has 18 heavy (non-hydrogen) atoms. The monoisotopic (exact) mass is 256 g/mol. The molecule has 0 radical (unpaired) electrons. The molecule has 106 valence electrons. The summed E-state index contributed by atoms with van der Waals surface area (Å²) in [5, 5.41) is 6.29. The van der Waals surface area contributed by atoms with Gasteiger partial charge in [0, 0.05) is 25.6 Å². The maximum absolute atomic E-state index is 11.6. The van der Waals surface area contributed by atoms with E-state index in [9.17, 15) is 4.79 Å². The van der Waals surface area contributed by atoms with Gasteiger partial charge in [0.1, 0.15) is 0 Å². The molecule has 0 aromatic rings. The van der Waals surface area contributed by atoms with Gasteiger partial charge in [0.2, 0.25) is 5.91 Å². The van der Waals surface area contributed by atoms with Gasteiger partial charge in [-0.1, -0.05) is 13.8 Å². The van der Waals surface area contributed by atoms with Crippen LogP contribution in [0.2, 0.25) is 0 Å². The number of carbonyl (C=O) groups excluding carboxylic acids is 1. The van der Waals surface area contributed by atoms with Crippen LogP contribution < -0.4 is 10.6 Å². The minimum Gasteiger partial charge on any atom is -0.378 e. The van der Waals surface area contributed by atoms with E-state index in [-0.39, 0.29) is 5.91 Å². The van der Waals surface area contributed by atoms with Gasteiger partial charge >= 0.3 is 0 Å². The van der Waals surface area contributed by atoms with Crippen molar-refractivity contribution < 1.29 is 9.53 Å². The average Bonchev–Trinajstić information content (AvgIpc) is 2.37. The Kier molecular flexibility index (Phi) is 8.01. The molecule has 0 aromatic carbocycles. The molecule has 0 spiro atoms. The fourth-order valence-corrected chi connectivity index (χ4v) is 2.12. The quantitative estimate of drug-likeness (QED) is 0.652. The van der Waals surface area contributed by atoms with Crippen molar-refractivity contribution in [3.05, 3.63) is 0 Å². The first kappa shape index (κ1) is 15.4. The normalized spacial score (nSPS) is 20.1. The minimum absolute atomic E-state index is 0.161. The van der Waals surface area contributed by atoms with Gasteiger partial charge in [0.25, 0.3) is 0 Å². The van der Waals surface area contributed by atoms with Gasteiger partial charge in [0.15, 0.2) is 0 Å². The number of ether oxygens (including phenoxy) is 1. The second-order valence-corrected chi connectivity index (χ2v) is 5.34. The first-order valence-corrected chi connectivity index (χ1v) is 7.30. The molecule has 4 nitrogen and oxygen atoms in total. The molecule has 1 rings (SSSR count). The SMILES string of the molecule is CC(C)NCCCNC(=O)CC[C@H]1CCCCO1. The second kappa shape index (κ2) is 9.34. The molecule has 1 aliphatic heterocycles. The van der Waals surface area contributed by atoms with Crippen molar-refractivity contribution >= 4 is 5.91 Å². The van der Waals surface area contributed by atoms with Crippen LogP contribution in [-0.4, -0.2) is 37.7 Å². The number of nitrogens with one attached hydrogen (secondary N) is 2. The predicted molar refractivity (Wildman–Crippen MR) is 73.6 cm³/mol. The molecule has 0 unspecified atom stereocenters. The van der Waals surface area contributed by atoms with Crippen molar-refractivity contribution in [3.8, 4) is 0 Å². The van der Waals surface area contributed by atoms with E-state index in [4.69, 9.17) is 4.74 Å². The summed E-state index contributed by atoms with van der Waals surface area (Å²) in [7, 11) is 0. The summed E-state index contributed by atoms with van der Waals surface area (Å²) in [4.78, 5) is 11.6. The second-order valence-electron chi connectivity index (χ2n) is 5.34. The topological polar surface area (TPSA) is 50.4 Å². The smallest absolute Gasteiger partial charge is 0.220 e. The van der Waals surface area contributed by atoms with Crippen molar-refractivity contribution in [2.24, 2.45) is 0 Å². The lowest BCUT2D eigenvalue weighted by molar-refractivity contribution is -0.122. The van der Waals surface area contributed by atoms with E-state index >= 15 is 0 Å². The minimum atomic E-state index is 0.161. The predicted octanol–water partition coefficient (Wildman–Crippen LogP) is 1.84. The Morgan fingerprint density at radius 3 is 2.83 bits per heavy atom. The zero-order valence-corrected chi connectivity index (χ0v) is 11.8. The summed E-state index contributed by atoms with van der Waals surface area (Å²) in [6.07, 6.45) is 6.30. The van der Waals surface area contributed by atoms with E-state index in [1.165, 1.54) is 12.8 Å². The van der Waals surface area contributed by atoms with E-state index in [1.807, 2.05) is 0 Å². The zero-order chi connectivity index (χ0) is 13.2. The van der Waals surface area contributed by atoms with E-state index in [0.717, 1.165) is 39.0 Å². The highest BCUT2D eigenvalue weighted by Crippen LogP contribution is 2.16. The van der Waals surface area contributed by atoms with Gasteiger partial charge in [-0.15, -0.1) is 0 Å². The fraction of sp³-hybridized carbons (Fsp3) is 0.929. The van der Waals surface area contributed by atoms with Crippen LogP contribution in [0.1, 0.15) is 52.4 Å². The molecule has 1 amide bonds. The van der Waals surface area contributed by atoms with Gasteiger partial charge in [-0.05, 0) is 38.6 Å². The van der Waals surface area contributed by atoms with Gasteiger partial charge in [0.05, 0.1) is 6.10 Å². The highest BCUT2D eigenvalue weighted by atomic mass is 16.5. The lowest BCUT2D eigenvalue weighted by atomic mass is 10.0. The molecule has 1 fully saturated rings. The molecule has 1 saturated heterocycles. The van der Waals surface area contributed by atoms with Crippen LogP contribution in [0.5, 0.6) is 0 Å². The molecule has 4 heteroatoms. The lowest BCUT2D eigenvalue weighted by Crippen LogP contribution is -2.30. The molecule has 2 N–H and O–H groups in total. The maximum Gasteiger partial charge on any atom is 0.220 e. The Balaban J connectivity index is 1.93. The van der Waals surface area contributed by atoms with Crippen LogP contribution in [0, 0.1) is 0 Å². The summed E-state index contributed by atoms with van der Waals surface area (Å²) >= 11 is 0. The first-order valence-electron chi connectivity index (χ1n) is 7.30. The Bertz CT molecular complexity index is 226. The van der Waals surface area contributed by atoms with Crippen LogP contribution >= 0.6 is 0 Å². The van der Waals surface area contributed by atoms with Crippen molar-refractivity contribution in [2.45, 2.75) is 64.5 Å². The molecule has 0 aliphatic carbocycles. The summed E-state index contributed by atoms with van der Waals surface area (Å²) in [6, 6.07) is 0.518. The van der Waals surface area contributed by atoms with Gasteiger partial charge in [-0.2, -0.15) is 0 Å². The van der Waals surface area contributed by atoms with E-state index in [2.05, 4.69) is 24.5 Å². The van der Waals surface area contributed by atoms with Gasteiger partial charge < -0.3 is 15.4 Å². The third-order valence-corrected chi connectivity index (χ3v) is 3.20. The highest BCUT2D eigenvalue weighted by Gasteiger charge is 2.14. The van der Waals surface area contributed by atoms with Crippen molar-refractivity contribution in [2.75, 3.05) is 19.7 Å². The number of hydrogen-bond donors (Lipinski definition) is 2. The number of rotatable bonds is 8. The van der Waals surface area contributed by atoms with Crippen LogP contribution in [0.25, 0.3) is 0 Å². The summed E-state index contributed by atoms with van der Waals surface area (Å²) < 4.78 is 5.61. The first-order chi connectivity index (χ1) is 8.68. The molecule has 1 heterocycles. The van der Waals surface area contributed by atoms with Gasteiger partial charge in [-0.25, -0.2) is 0 Å². The molecule has 1 atom stereocenters. The average molecular weight is 256 g/mol. The van der Waals surface area contributed by atoms with Crippen molar-refractivity contribution in [1.29, 1.82) is 0 Å².